The highest BCUT2D eigenvalue weighted by atomic mass is 16.7. The van der Waals surface area contributed by atoms with Gasteiger partial charge in [0.25, 0.3) is 0 Å². The van der Waals surface area contributed by atoms with Crippen LogP contribution in [0.3, 0.4) is 0 Å². The third-order valence-electron chi connectivity index (χ3n) is 6.01. The predicted molar refractivity (Wildman–Crippen MR) is 99.8 cm³/mol. The van der Waals surface area contributed by atoms with E-state index < -0.39 is 105 Å². The van der Waals surface area contributed by atoms with Gasteiger partial charge in [-0.3, -0.25) is 0 Å². The highest BCUT2D eigenvalue weighted by molar-refractivity contribution is 4.92. The Balaban J connectivity index is 1.57. The summed E-state index contributed by atoms with van der Waals surface area (Å²) in [4.78, 5) is 0. The highest BCUT2D eigenvalue weighted by Crippen LogP contribution is 2.27. The van der Waals surface area contributed by atoms with Crippen LogP contribution in [0.1, 0.15) is 6.92 Å². The van der Waals surface area contributed by atoms with E-state index in [2.05, 4.69) is 0 Å². The summed E-state index contributed by atoms with van der Waals surface area (Å²) in [5.74, 6) is 0. The molecule has 0 aromatic rings. The molecule has 3 fully saturated rings. The van der Waals surface area contributed by atoms with Crippen LogP contribution in [0.4, 0.5) is 0 Å². The van der Waals surface area contributed by atoms with Gasteiger partial charge in [0.1, 0.15) is 67.1 Å². The lowest BCUT2D eigenvalue weighted by Crippen LogP contribution is -2.62. The first-order chi connectivity index (χ1) is 15.4. The van der Waals surface area contributed by atoms with Gasteiger partial charge in [0.15, 0.2) is 18.9 Å². The largest absolute Gasteiger partial charge is 0.388 e. The topological polar surface area (TPSA) is 248 Å². The van der Waals surface area contributed by atoms with Crippen molar-refractivity contribution in [1.82, 2.24) is 0 Å². The van der Waals surface area contributed by atoms with Crippen molar-refractivity contribution < 1.29 is 74.7 Å². The van der Waals surface area contributed by atoms with Crippen molar-refractivity contribution in [2.45, 2.75) is 99.0 Å². The average Bonchev–Trinajstić information content (AvgIpc) is 2.79. The molecule has 10 N–H and O–H groups in total. The first kappa shape index (κ1) is 27.0. The molecule has 3 rings (SSSR count). The zero-order chi connectivity index (χ0) is 24.6. The van der Waals surface area contributed by atoms with Crippen LogP contribution in [-0.2, 0) is 23.7 Å². The number of aliphatic hydroxyl groups is 10. The number of ether oxygens (including phenoxy) is 5. The lowest BCUT2D eigenvalue weighted by molar-refractivity contribution is -0.338. The molecule has 3 saturated heterocycles. The summed E-state index contributed by atoms with van der Waals surface area (Å²) in [6.07, 6.45) is -23.1. The molecule has 3 heterocycles. The number of aliphatic hydroxyl groups excluding tert-OH is 10. The van der Waals surface area contributed by atoms with Gasteiger partial charge in [-0.2, -0.15) is 0 Å². The van der Waals surface area contributed by atoms with E-state index in [0.29, 0.717) is 0 Å². The van der Waals surface area contributed by atoms with Gasteiger partial charge in [0.2, 0.25) is 0 Å². The Morgan fingerprint density at radius 3 is 1.45 bits per heavy atom. The van der Waals surface area contributed by atoms with Crippen molar-refractivity contribution in [3.8, 4) is 0 Å². The molecular weight excluding hydrogens is 456 g/mol. The fourth-order valence-electron chi connectivity index (χ4n) is 3.79. The maximum absolute atomic E-state index is 10.2. The first-order valence-corrected chi connectivity index (χ1v) is 10.4. The summed E-state index contributed by atoms with van der Waals surface area (Å²) >= 11 is 0. The van der Waals surface area contributed by atoms with Crippen LogP contribution < -0.4 is 0 Å². The molecule has 33 heavy (non-hydrogen) atoms. The summed E-state index contributed by atoms with van der Waals surface area (Å²) in [6, 6.07) is 0. The van der Waals surface area contributed by atoms with Gasteiger partial charge >= 0.3 is 0 Å². The fraction of sp³-hybridized carbons (Fsp3) is 1.00. The van der Waals surface area contributed by atoms with Gasteiger partial charge in [0, 0.05) is 0 Å². The predicted octanol–water partition coefficient (Wildman–Crippen LogP) is -6.55. The molecule has 0 amide bonds. The zero-order valence-corrected chi connectivity index (χ0v) is 17.6. The second-order valence-electron chi connectivity index (χ2n) is 8.40. The number of hydrogen-bond acceptors (Lipinski definition) is 15. The Bertz CT molecular complexity index is 576. The summed E-state index contributed by atoms with van der Waals surface area (Å²) in [6.45, 7) is 0.404. The van der Waals surface area contributed by atoms with Crippen molar-refractivity contribution in [3.63, 3.8) is 0 Å². The Morgan fingerprint density at radius 1 is 0.485 bits per heavy atom. The molecule has 3 aliphatic heterocycles. The normalized spacial score (nSPS) is 53.7. The van der Waals surface area contributed by atoms with E-state index in [9.17, 15) is 51.1 Å². The highest BCUT2D eigenvalue weighted by Gasteiger charge is 2.48. The number of rotatable bonds is 6. The van der Waals surface area contributed by atoms with Crippen LogP contribution in [0.2, 0.25) is 0 Å². The van der Waals surface area contributed by atoms with Crippen molar-refractivity contribution in [3.05, 3.63) is 0 Å². The monoisotopic (exact) mass is 488 g/mol. The zero-order valence-electron chi connectivity index (χ0n) is 17.6. The summed E-state index contributed by atoms with van der Waals surface area (Å²) in [5.41, 5.74) is 0. The van der Waals surface area contributed by atoms with Gasteiger partial charge < -0.3 is 74.7 Å². The lowest BCUT2D eigenvalue weighted by atomic mass is 9.98. The third-order valence-corrected chi connectivity index (χ3v) is 6.01. The minimum Gasteiger partial charge on any atom is -0.388 e. The molecule has 15 nitrogen and oxygen atoms in total. The molecule has 0 radical (unpaired) electrons. The molecule has 0 saturated carbocycles. The van der Waals surface area contributed by atoms with E-state index in [-0.39, 0.29) is 0 Å². The SMILES string of the molecule is C[C@@H]1O[C@@H](OC[C@H]2O[C@@H](OC[C@H]3O[C@@H](O)[C@H](O)[C@@H](O)[C@@H]3O)[C@H](O)[C@@H](O)[C@@H]2O)[C@H](O)[C@H](O)[C@H]1O. The van der Waals surface area contributed by atoms with Crippen LogP contribution >= 0.6 is 0 Å². The Kier molecular flexibility index (Phi) is 8.99. The molecule has 0 spiro atoms. The van der Waals surface area contributed by atoms with Gasteiger partial charge in [0.05, 0.1) is 19.3 Å². The maximum atomic E-state index is 10.2. The van der Waals surface area contributed by atoms with Gasteiger partial charge in [-0.25, -0.2) is 0 Å². The van der Waals surface area contributed by atoms with Gasteiger partial charge in [-0.05, 0) is 6.92 Å². The molecule has 0 bridgehead atoms. The van der Waals surface area contributed by atoms with Gasteiger partial charge in [-0.15, -0.1) is 0 Å². The molecular formula is C18H32O15. The first-order valence-electron chi connectivity index (χ1n) is 10.4. The van der Waals surface area contributed by atoms with E-state index in [0.717, 1.165) is 0 Å². The van der Waals surface area contributed by atoms with Crippen LogP contribution in [0.25, 0.3) is 0 Å². The Labute approximate surface area is 187 Å². The average molecular weight is 488 g/mol. The van der Waals surface area contributed by atoms with Gasteiger partial charge in [-0.1, -0.05) is 0 Å². The standard InChI is InChI=1S/C18H32O15/c1-4-7(19)10(22)14(26)17(31-4)29-3-6-9(21)12(24)15(27)18(33-6)30-2-5-8(20)11(23)13(25)16(28)32-5/h4-28H,2-3H2,1H3/t4-,5+,6+,7-,8+,9+,10+,11-,12-,13+,14+,15+,16+,17+,18+/m0/s1. The fourth-order valence-corrected chi connectivity index (χ4v) is 3.79. The number of hydrogen-bond donors (Lipinski definition) is 10. The van der Waals surface area contributed by atoms with E-state index in [1.165, 1.54) is 6.92 Å². The second kappa shape index (κ2) is 11.0. The minimum atomic E-state index is -1.80. The van der Waals surface area contributed by atoms with E-state index in [4.69, 9.17) is 23.7 Å². The quantitative estimate of drug-likeness (QED) is 0.167. The summed E-state index contributed by atoms with van der Waals surface area (Å²) in [5, 5.41) is 98.9. The Morgan fingerprint density at radius 2 is 0.909 bits per heavy atom. The molecule has 0 aliphatic carbocycles. The van der Waals surface area contributed by atoms with Crippen LogP contribution in [0.5, 0.6) is 0 Å². The van der Waals surface area contributed by atoms with Crippen LogP contribution in [0.15, 0.2) is 0 Å². The lowest BCUT2D eigenvalue weighted by Gasteiger charge is -2.43. The molecule has 15 heteroatoms. The molecule has 0 unspecified atom stereocenters. The summed E-state index contributed by atoms with van der Waals surface area (Å²) < 4.78 is 26.3. The molecule has 3 aliphatic rings. The van der Waals surface area contributed by atoms with E-state index >= 15 is 0 Å². The van der Waals surface area contributed by atoms with E-state index in [1.54, 1.807) is 0 Å². The van der Waals surface area contributed by atoms with Crippen molar-refractivity contribution >= 4 is 0 Å². The van der Waals surface area contributed by atoms with Crippen molar-refractivity contribution in [1.29, 1.82) is 0 Å². The molecule has 0 aromatic heterocycles. The van der Waals surface area contributed by atoms with E-state index in [1.807, 2.05) is 0 Å². The van der Waals surface area contributed by atoms with Crippen molar-refractivity contribution in [2.75, 3.05) is 13.2 Å². The molecule has 15 atom stereocenters. The smallest absolute Gasteiger partial charge is 0.186 e. The summed E-state index contributed by atoms with van der Waals surface area (Å²) in [7, 11) is 0. The van der Waals surface area contributed by atoms with Crippen molar-refractivity contribution in [2.24, 2.45) is 0 Å². The maximum Gasteiger partial charge on any atom is 0.186 e. The third kappa shape index (κ3) is 5.64. The van der Waals surface area contributed by atoms with Crippen LogP contribution in [-0.4, -0.2) is 156 Å². The molecule has 194 valence electrons. The minimum absolute atomic E-state index is 0.492. The molecule has 0 aromatic carbocycles. The second-order valence-corrected chi connectivity index (χ2v) is 8.40. The Hall–Kier alpha value is -0.600. The van der Waals surface area contributed by atoms with Crippen LogP contribution in [0, 0.1) is 0 Å².